The summed E-state index contributed by atoms with van der Waals surface area (Å²) >= 11 is 0. The standard InChI is InChI=1S/C27H26N2O/c1-18-11-19(2)13-24(12-18)15-22-6-8-23(9-7-22)16-25(17-28)27(30)29-26-10-5-20(3)21(4)14-26/h5-14,16H,15H2,1-4H3,(H,29,30)/b25-16+. The Kier molecular flexibility index (Phi) is 6.49. The van der Waals surface area contributed by atoms with Crippen molar-refractivity contribution in [1.29, 1.82) is 5.26 Å². The average Bonchev–Trinajstić information content (AvgIpc) is 2.69. The summed E-state index contributed by atoms with van der Waals surface area (Å²) < 4.78 is 0. The lowest BCUT2D eigenvalue weighted by molar-refractivity contribution is -0.112. The van der Waals surface area contributed by atoms with Gasteiger partial charge in [0.1, 0.15) is 11.6 Å². The second-order valence-electron chi connectivity index (χ2n) is 7.84. The predicted octanol–water partition coefficient (Wildman–Crippen LogP) is 6.06. The van der Waals surface area contributed by atoms with Crippen molar-refractivity contribution < 1.29 is 4.79 Å². The molecule has 0 fully saturated rings. The van der Waals surface area contributed by atoms with Crippen LogP contribution in [0, 0.1) is 39.0 Å². The van der Waals surface area contributed by atoms with Crippen molar-refractivity contribution in [2.75, 3.05) is 5.32 Å². The SMILES string of the molecule is Cc1cc(C)cc(Cc2ccc(/C=C(\C#N)C(=O)Nc3ccc(C)c(C)c3)cc2)c1. The van der Waals surface area contributed by atoms with Gasteiger partial charge in [-0.05, 0) is 80.1 Å². The topological polar surface area (TPSA) is 52.9 Å². The van der Waals surface area contributed by atoms with Gasteiger partial charge in [-0.2, -0.15) is 5.26 Å². The normalized spacial score (nSPS) is 11.1. The molecule has 150 valence electrons. The smallest absolute Gasteiger partial charge is 0.266 e. The van der Waals surface area contributed by atoms with Crippen LogP contribution in [0.4, 0.5) is 5.69 Å². The minimum Gasteiger partial charge on any atom is -0.321 e. The number of benzene rings is 3. The molecular formula is C27H26N2O. The van der Waals surface area contributed by atoms with Crippen molar-refractivity contribution in [2.45, 2.75) is 34.1 Å². The Morgan fingerprint density at radius 2 is 1.53 bits per heavy atom. The maximum Gasteiger partial charge on any atom is 0.266 e. The molecule has 0 spiro atoms. The zero-order valence-corrected chi connectivity index (χ0v) is 17.9. The summed E-state index contributed by atoms with van der Waals surface area (Å²) in [7, 11) is 0. The van der Waals surface area contributed by atoms with E-state index in [1.54, 1.807) is 6.08 Å². The van der Waals surface area contributed by atoms with Gasteiger partial charge in [0.25, 0.3) is 5.91 Å². The first kappa shape index (κ1) is 21.1. The summed E-state index contributed by atoms with van der Waals surface area (Å²) in [6.45, 7) is 8.23. The van der Waals surface area contributed by atoms with E-state index in [1.165, 1.54) is 22.3 Å². The lowest BCUT2D eigenvalue weighted by Crippen LogP contribution is -2.13. The third kappa shape index (κ3) is 5.46. The van der Waals surface area contributed by atoms with Gasteiger partial charge in [0, 0.05) is 5.69 Å². The minimum absolute atomic E-state index is 0.0790. The molecule has 1 N–H and O–H groups in total. The Balaban J connectivity index is 1.73. The largest absolute Gasteiger partial charge is 0.321 e. The van der Waals surface area contributed by atoms with E-state index in [0.29, 0.717) is 5.69 Å². The predicted molar refractivity (Wildman–Crippen MR) is 123 cm³/mol. The molecule has 3 aromatic rings. The highest BCUT2D eigenvalue weighted by Crippen LogP contribution is 2.18. The summed E-state index contributed by atoms with van der Waals surface area (Å²) in [5, 5.41) is 12.3. The molecule has 0 bridgehead atoms. The van der Waals surface area contributed by atoms with Crippen LogP contribution in [0.5, 0.6) is 0 Å². The maximum atomic E-state index is 12.5. The average molecular weight is 395 g/mol. The molecule has 0 heterocycles. The Labute approximate surface area is 178 Å². The molecule has 0 radical (unpaired) electrons. The highest BCUT2D eigenvalue weighted by atomic mass is 16.1. The molecule has 0 atom stereocenters. The van der Waals surface area contributed by atoms with E-state index in [2.05, 4.69) is 37.4 Å². The quantitative estimate of drug-likeness (QED) is 0.423. The van der Waals surface area contributed by atoms with Crippen LogP contribution in [0.2, 0.25) is 0 Å². The number of amides is 1. The molecule has 0 aliphatic heterocycles. The second-order valence-corrected chi connectivity index (χ2v) is 7.84. The summed E-state index contributed by atoms with van der Waals surface area (Å²) in [5.74, 6) is -0.403. The van der Waals surface area contributed by atoms with Crippen molar-refractivity contribution in [3.8, 4) is 6.07 Å². The number of nitrogens with one attached hydrogen (secondary N) is 1. The van der Waals surface area contributed by atoms with Gasteiger partial charge >= 0.3 is 0 Å². The van der Waals surface area contributed by atoms with E-state index in [0.717, 1.165) is 23.1 Å². The van der Waals surface area contributed by atoms with Gasteiger partial charge < -0.3 is 5.32 Å². The fourth-order valence-electron chi connectivity index (χ4n) is 3.47. The van der Waals surface area contributed by atoms with E-state index in [-0.39, 0.29) is 5.57 Å². The third-order valence-electron chi connectivity index (χ3n) is 5.11. The third-order valence-corrected chi connectivity index (χ3v) is 5.11. The monoisotopic (exact) mass is 394 g/mol. The molecule has 0 aliphatic rings. The van der Waals surface area contributed by atoms with Gasteiger partial charge in [-0.3, -0.25) is 4.79 Å². The van der Waals surface area contributed by atoms with Crippen LogP contribution < -0.4 is 5.32 Å². The first-order valence-electron chi connectivity index (χ1n) is 10.0. The highest BCUT2D eigenvalue weighted by Gasteiger charge is 2.10. The molecule has 3 rings (SSSR count). The fraction of sp³-hybridized carbons (Fsp3) is 0.185. The molecule has 0 aliphatic carbocycles. The van der Waals surface area contributed by atoms with E-state index in [9.17, 15) is 10.1 Å². The molecule has 3 nitrogen and oxygen atoms in total. The number of carbonyl (C=O) groups excluding carboxylic acids is 1. The van der Waals surface area contributed by atoms with Gasteiger partial charge in [0.15, 0.2) is 0 Å². The summed E-state index contributed by atoms with van der Waals surface area (Å²) in [5.41, 5.74) is 8.83. The van der Waals surface area contributed by atoms with E-state index in [1.807, 2.05) is 62.4 Å². The number of anilines is 1. The summed E-state index contributed by atoms with van der Waals surface area (Å²) in [6, 6.07) is 22.3. The van der Waals surface area contributed by atoms with Crippen molar-refractivity contribution >= 4 is 17.7 Å². The zero-order valence-electron chi connectivity index (χ0n) is 17.9. The van der Waals surface area contributed by atoms with Crippen molar-refractivity contribution in [2.24, 2.45) is 0 Å². The van der Waals surface area contributed by atoms with Gasteiger partial charge in [-0.15, -0.1) is 0 Å². The Morgan fingerprint density at radius 3 is 2.13 bits per heavy atom. The Bertz CT molecular complexity index is 1130. The molecule has 1 amide bonds. The van der Waals surface area contributed by atoms with E-state index < -0.39 is 5.91 Å². The Morgan fingerprint density at radius 1 is 0.867 bits per heavy atom. The van der Waals surface area contributed by atoms with Crippen molar-refractivity contribution in [3.63, 3.8) is 0 Å². The first-order chi connectivity index (χ1) is 14.3. The molecule has 0 unspecified atom stereocenters. The van der Waals surface area contributed by atoms with Crippen LogP contribution in [-0.4, -0.2) is 5.91 Å². The zero-order chi connectivity index (χ0) is 21.7. The summed E-state index contributed by atoms with van der Waals surface area (Å²) in [6.07, 6.45) is 2.47. The number of aryl methyl sites for hydroxylation is 4. The first-order valence-corrected chi connectivity index (χ1v) is 10.0. The molecule has 3 aromatic carbocycles. The van der Waals surface area contributed by atoms with E-state index >= 15 is 0 Å². The van der Waals surface area contributed by atoms with Crippen LogP contribution in [0.3, 0.4) is 0 Å². The molecular weight excluding hydrogens is 368 g/mol. The number of nitriles is 1. The molecule has 3 heteroatoms. The van der Waals surface area contributed by atoms with E-state index in [4.69, 9.17) is 0 Å². The van der Waals surface area contributed by atoms with Crippen LogP contribution in [-0.2, 0) is 11.2 Å². The van der Waals surface area contributed by atoms with Crippen LogP contribution in [0.1, 0.15) is 38.9 Å². The minimum atomic E-state index is -0.403. The molecule has 30 heavy (non-hydrogen) atoms. The van der Waals surface area contributed by atoms with Crippen LogP contribution in [0.25, 0.3) is 6.08 Å². The molecule has 0 aromatic heterocycles. The second kappa shape index (κ2) is 9.24. The van der Waals surface area contributed by atoms with Gasteiger partial charge in [0.2, 0.25) is 0 Å². The lowest BCUT2D eigenvalue weighted by atomic mass is 9.99. The number of nitrogens with zero attached hydrogens (tertiary/aromatic N) is 1. The maximum absolute atomic E-state index is 12.5. The van der Waals surface area contributed by atoms with Crippen molar-refractivity contribution in [1.82, 2.24) is 0 Å². The number of hydrogen-bond donors (Lipinski definition) is 1. The summed E-state index contributed by atoms with van der Waals surface area (Å²) in [4.78, 5) is 12.5. The highest BCUT2D eigenvalue weighted by molar-refractivity contribution is 6.09. The van der Waals surface area contributed by atoms with Crippen LogP contribution in [0.15, 0.2) is 66.2 Å². The lowest BCUT2D eigenvalue weighted by Gasteiger charge is -2.08. The van der Waals surface area contributed by atoms with Gasteiger partial charge in [-0.1, -0.05) is 59.7 Å². The van der Waals surface area contributed by atoms with Crippen LogP contribution >= 0.6 is 0 Å². The number of hydrogen-bond acceptors (Lipinski definition) is 2. The van der Waals surface area contributed by atoms with Gasteiger partial charge in [0.05, 0.1) is 0 Å². The number of carbonyl (C=O) groups is 1. The molecule has 0 saturated carbocycles. The Hall–Kier alpha value is -3.64. The van der Waals surface area contributed by atoms with Crippen molar-refractivity contribution in [3.05, 3.63) is 105 Å². The van der Waals surface area contributed by atoms with Gasteiger partial charge in [-0.25, -0.2) is 0 Å². The fourth-order valence-corrected chi connectivity index (χ4v) is 3.47. The number of rotatable bonds is 5. The molecule has 0 saturated heterocycles.